The molecule has 520 valence electrons. The first-order valence-corrected chi connectivity index (χ1v) is 35.8. The van der Waals surface area contributed by atoms with Gasteiger partial charge in [-0.15, -0.1) is 11.3 Å². The van der Waals surface area contributed by atoms with Crippen LogP contribution in [0.1, 0.15) is 106 Å². The van der Waals surface area contributed by atoms with E-state index in [2.05, 4.69) is 38.8 Å². The molecule has 4 atom stereocenters. The maximum Gasteiger partial charge on any atom is 0.205 e. The van der Waals surface area contributed by atoms with Crippen LogP contribution in [0.2, 0.25) is 0 Å². The molecule has 105 heavy (non-hydrogen) atoms. The molecule has 20 rings (SSSR count). The van der Waals surface area contributed by atoms with Crippen LogP contribution in [0.4, 0.5) is 44.8 Å². The lowest BCUT2D eigenvalue weighted by atomic mass is 9.87. The maximum atomic E-state index is 13.1. The van der Waals surface area contributed by atoms with Gasteiger partial charge in [0.15, 0.2) is 33.8 Å². The van der Waals surface area contributed by atoms with Crippen molar-refractivity contribution in [2.75, 3.05) is 45.8 Å². The van der Waals surface area contributed by atoms with E-state index in [0.29, 0.717) is 131 Å². The Balaban J connectivity index is 0.000000103. The first-order valence-electron chi connectivity index (χ1n) is 34.2. The minimum absolute atomic E-state index is 0.218. The highest BCUT2D eigenvalue weighted by Gasteiger charge is 2.56. The van der Waals surface area contributed by atoms with E-state index in [0.717, 1.165) is 93.8 Å². The fourth-order valence-electron chi connectivity index (χ4n) is 15.1. The van der Waals surface area contributed by atoms with E-state index in [1.54, 1.807) is 30.5 Å². The number of benzene rings is 7. The number of aromatic nitrogens is 5. The molecule has 4 fully saturated rings. The van der Waals surface area contributed by atoms with Crippen LogP contribution in [0.5, 0.6) is 0 Å². The van der Waals surface area contributed by atoms with Crippen LogP contribution in [0.25, 0.3) is 43.8 Å². The van der Waals surface area contributed by atoms with Gasteiger partial charge in [0.05, 0.1) is 51.1 Å². The van der Waals surface area contributed by atoms with E-state index in [4.69, 9.17) is 14.8 Å². The smallest absolute Gasteiger partial charge is 0.205 e. The fraction of sp³-hybridized carbons (Fsp3) is 0.225. The molecule has 0 radical (unpaired) electrons. The molecule has 0 aliphatic carbocycles. The highest BCUT2D eigenvalue weighted by molar-refractivity contribution is 7.16. The molecule has 8 aliphatic rings. The van der Waals surface area contributed by atoms with Gasteiger partial charge in [0.25, 0.3) is 0 Å². The topological polar surface area (TPSA) is 313 Å². The SMILES string of the molecule is Cc1ccc2c(c1)C(=O)[C@]1(O)CCN(c3ccc4c(C)noc4c3)C1=N2.Cc1ccc2c(c1)C(=O)[C@]1(O)CCN(c3ccc4nc(C#N)ccc4c3)C1=N2.Cc1ccc2c(c1)C(=O)[C@]1(O)CCN(c3ccc4nsnc4c3)C1=N2.Cc1sc2c(c1C)C(=O)[C@]1(O)CCN(c3ccc4ncccc4c3)C1=N2. The molecule has 25 heteroatoms. The summed E-state index contributed by atoms with van der Waals surface area (Å²) >= 11 is 2.68. The molecule has 8 aliphatic heterocycles. The van der Waals surface area contributed by atoms with Crippen LogP contribution < -0.4 is 19.6 Å². The van der Waals surface area contributed by atoms with Crippen LogP contribution in [-0.2, 0) is 0 Å². The number of nitrogens with zero attached hydrogens (tertiary/aromatic N) is 14. The highest BCUT2D eigenvalue weighted by atomic mass is 32.1. The number of amidine groups is 4. The minimum atomic E-state index is -1.60. The van der Waals surface area contributed by atoms with E-state index in [1.807, 2.05) is 195 Å². The van der Waals surface area contributed by atoms with Gasteiger partial charge in [0.2, 0.25) is 23.1 Å². The van der Waals surface area contributed by atoms with Crippen molar-refractivity contribution in [3.05, 3.63) is 219 Å². The molecule has 5 aromatic heterocycles. The number of thiophene rings is 1. The Hall–Kier alpha value is -11.8. The van der Waals surface area contributed by atoms with Gasteiger partial charge in [-0.1, -0.05) is 46.1 Å². The predicted octanol–water partition coefficient (Wildman–Crippen LogP) is 13.2. The van der Waals surface area contributed by atoms with Crippen molar-refractivity contribution in [1.82, 2.24) is 23.9 Å². The Bertz CT molecular complexity index is 5990. The van der Waals surface area contributed by atoms with Crippen molar-refractivity contribution in [2.45, 2.75) is 89.6 Å². The minimum Gasteiger partial charge on any atom is -0.374 e. The lowest BCUT2D eigenvalue weighted by molar-refractivity contribution is 0.0600. The quantitative estimate of drug-likeness (QED) is 0.127. The number of pyridine rings is 2. The number of fused-ring (bicyclic) bond motifs is 12. The van der Waals surface area contributed by atoms with Gasteiger partial charge in [0, 0.05) is 125 Å². The maximum absolute atomic E-state index is 13.1. The second-order valence-electron chi connectivity index (χ2n) is 27.6. The monoisotopic (exact) mass is 1430 g/mol. The molecule has 4 saturated heterocycles. The fourth-order valence-corrected chi connectivity index (χ4v) is 16.7. The standard InChI is InChI=1S/C22H16N4O2.C20H17N3O3.C20H17N3O2S.C18H14N4O2S/c1-13-2-6-19-17(10-13)20(27)22(28)8-9-26(21(22)25-19)16-5-7-18-14(11-16)3-4-15(12-23)24-18;1-11-3-6-16-15(9-11)18(24)20(25)7-8-23(19(20)21-16)13-4-5-14-12(2)22-26-17(14)10-13;1-11-12(2)26-18-16(11)17(24)20(25)7-9-23(19(20)22-18)14-5-6-15-13(10-14)4-3-8-21-15;1-10-2-4-13-12(8-10)16(23)18(24)6-7-22(17(18)19-13)11-3-5-14-15(9-11)21-25-20-14/h2-7,10-11,28H,8-9H2,1H3;3-6,9-10,25H,7-8H2,1-2H3;3-6,8,10,25H,7,9H2,1-2H3;2-5,8-9,24H,6-7H2,1H3/t22-;2*20-;18-/m1111/s1. The molecule has 0 unspecified atom stereocenters. The van der Waals surface area contributed by atoms with Crippen LogP contribution in [0.3, 0.4) is 0 Å². The molecule has 4 N–H and O–H groups in total. The Labute approximate surface area is 608 Å². The number of carbonyl (C=O) groups is 4. The van der Waals surface area contributed by atoms with Crippen LogP contribution in [0.15, 0.2) is 182 Å². The zero-order valence-corrected chi connectivity index (χ0v) is 59.2. The molecule has 0 spiro atoms. The second-order valence-corrected chi connectivity index (χ2v) is 29.3. The second kappa shape index (κ2) is 24.7. The summed E-state index contributed by atoms with van der Waals surface area (Å²) < 4.78 is 13.8. The zero-order valence-electron chi connectivity index (χ0n) is 57.6. The third-order valence-corrected chi connectivity index (χ3v) is 22.6. The number of nitriles is 1. The molecule has 0 saturated carbocycles. The molecule has 23 nitrogen and oxygen atoms in total. The zero-order chi connectivity index (χ0) is 72.8. The lowest BCUT2D eigenvalue weighted by Crippen LogP contribution is -2.48. The van der Waals surface area contributed by atoms with E-state index in [9.17, 15) is 39.6 Å². The van der Waals surface area contributed by atoms with E-state index < -0.39 is 22.4 Å². The number of anilines is 4. The number of hydrogen-bond acceptors (Lipinski definition) is 25. The Kier molecular flexibility index (Phi) is 15.7. The van der Waals surface area contributed by atoms with Crippen molar-refractivity contribution < 1.29 is 44.1 Å². The third-order valence-electron chi connectivity index (χ3n) is 21.0. The van der Waals surface area contributed by atoms with Gasteiger partial charge in [-0.25, -0.2) is 25.0 Å². The molecular formula is C80H64N14O9S2. The Morgan fingerprint density at radius 1 is 0.476 bits per heavy atom. The number of hydrogen-bond donors (Lipinski definition) is 4. The first-order chi connectivity index (χ1) is 50.5. The van der Waals surface area contributed by atoms with Gasteiger partial charge in [0.1, 0.15) is 45.3 Å². The largest absolute Gasteiger partial charge is 0.374 e. The molecule has 0 amide bonds. The number of aryl methyl sites for hydroxylation is 5. The number of carbonyl (C=O) groups excluding carboxylic acids is 4. The summed E-state index contributed by atoms with van der Waals surface area (Å²) in [4.78, 5) is 88.0. The summed E-state index contributed by atoms with van der Waals surface area (Å²) in [7, 11) is 0. The Morgan fingerprint density at radius 2 is 0.933 bits per heavy atom. The van der Waals surface area contributed by atoms with E-state index in [1.165, 1.54) is 23.1 Å². The molecule has 12 aromatic rings. The molecule has 13 heterocycles. The van der Waals surface area contributed by atoms with Gasteiger partial charge in [-0.2, -0.15) is 14.0 Å². The van der Waals surface area contributed by atoms with Crippen molar-refractivity contribution in [1.29, 1.82) is 5.26 Å². The van der Waals surface area contributed by atoms with E-state index >= 15 is 0 Å². The summed E-state index contributed by atoms with van der Waals surface area (Å²) in [6.45, 7) is 13.6. The Morgan fingerprint density at radius 3 is 1.47 bits per heavy atom. The molecule has 0 bridgehead atoms. The van der Waals surface area contributed by atoms with Crippen molar-refractivity contribution in [3.63, 3.8) is 0 Å². The van der Waals surface area contributed by atoms with Crippen LogP contribution in [-0.4, -0.2) is 139 Å². The summed E-state index contributed by atoms with van der Waals surface area (Å²) in [6.07, 6.45) is 3.05. The summed E-state index contributed by atoms with van der Waals surface area (Å²) in [5.41, 5.74) is 10.00. The lowest BCUT2D eigenvalue weighted by Gasteiger charge is -2.30. The van der Waals surface area contributed by atoms with Crippen molar-refractivity contribution >= 4 is 158 Å². The summed E-state index contributed by atoms with van der Waals surface area (Å²) in [5, 5.41) is 61.1. The highest BCUT2D eigenvalue weighted by Crippen LogP contribution is 2.48. The first kappa shape index (κ1) is 66.5. The number of aliphatic imine (C=N–C) groups is 4. The van der Waals surface area contributed by atoms with Gasteiger partial charge in [-0.3, -0.25) is 24.2 Å². The normalized spacial score (nSPS) is 21.5. The molecular weight excluding hydrogens is 1370 g/mol. The van der Waals surface area contributed by atoms with E-state index in [-0.39, 0.29) is 23.1 Å². The molecule has 7 aromatic carbocycles. The van der Waals surface area contributed by atoms with Crippen molar-refractivity contribution in [3.8, 4) is 6.07 Å². The average Bonchev–Trinajstić information content (AvgIpc) is 1.61. The third kappa shape index (κ3) is 10.8. The van der Waals surface area contributed by atoms with Crippen molar-refractivity contribution in [2.24, 2.45) is 20.0 Å². The number of aliphatic hydroxyl groups is 4. The van der Waals surface area contributed by atoms with Gasteiger partial charge < -0.3 is 44.5 Å². The summed E-state index contributed by atoms with van der Waals surface area (Å²) in [6, 6.07) is 49.2. The van der Waals surface area contributed by atoms with Gasteiger partial charge in [-0.05, 0) is 168 Å². The average molecular weight is 1430 g/mol. The number of rotatable bonds is 4. The summed E-state index contributed by atoms with van der Waals surface area (Å²) in [5.74, 6) is 0.541. The predicted molar refractivity (Wildman–Crippen MR) is 405 cm³/mol. The number of Topliss-reactive ketones (excluding diaryl/α,β-unsaturated/α-hetero) is 4. The van der Waals surface area contributed by atoms with Crippen LogP contribution >= 0.6 is 23.1 Å². The van der Waals surface area contributed by atoms with Gasteiger partial charge >= 0.3 is 0 Å². The number of ketones is 4. The van der Waals surface area contributed by atoms with Crippen LogP contribution in [0, 0.1) is 52.9 Å².